The Morgan fingerprint density at radius 1 is 1.32 bits per heavy atom. The molecule has 0 spiro atoms. The van der Waals surface area contributed by atoms with Gasteiger partial charge in [0.1, 0.15) is 0 Å². The van der Waals surface area contributed by atoms with E-state index in [1.807, 2.05) is 25.1 Å². The molecule has 2 rings (SSSR count). The van der Waals surface area contributed by atoms with Crippen molar-refractivity contribution in [3.05, 3.63) is 29.8 Å². The molecule has 0 saturated carbocycles. The van der Waals surface area contributed by atoms with Crippen LogP contribution in [0.5, 0.6) is 0 Å². The fourth-order valence-corrected chi connectivity index (χ4v) is 2.07. The van der Waals surface area contributed by atoms with Crippen LogP contribution < -0.4 is 10.6 Å². The topological polar surface area (TPSA) is 61.4 Å². The Hall–Kier alpha value is -1.88. The SMILES string of the molecule is CCc1cccc(NC(=O)C(=O)N2CCNCC2)c1. The second-order valence-electron chi connectivity index (χ2n) is 4.55. The van der Waals surface area contributed by atoms with E-state index in [0.29, 0.717) is 18.8 Å². The Balaban J connectivity index is 1.97. The molecule has 1 aromatic carbocycles. The highest BCUT2D eigenvalue weighted by Gasteiger charge is 2.23. The van der Waals surface area contributed by atoms with Crippen LogP contribution in [0.2, 0.25) is 0 Å². The predicted octanol–water partition coefficient (Wildman–Crippen LogP) is 0.619. The smallest absolute Gasteiger partial charge is 0.313 e. The molecular weight excluding hydrogens is 242 g/mol. The summed E-state index contributed by atoms with van der Waals surface area (Å²) in [5.74, 6) is -1.02. The van der Waals surface area contributed by atoms with E-state index in [2.05, 4.69) is 10.6 Å². The first-order chi connectivity index (χ1) is 9.20. The second kappa shape index (κ2) is 6.33. The minimum atomic E-state index is -0.560. The number of carbonyl (C=O) groups is 2. The van der Waals surface area contributed by atoms with Crippen molar-refractivity contribution in [3.8, 4) is 0 Å². The molecule has 1 aromatic rings. The van der Waals surface area contributed by atoms with Crippen LogP contribution in [0.1, 0.15) is 12.5 Å². The molecule has 1 aliphatic heterocycles. The minimum absolute atomic E-state index is 0.455. The van der Waals surface area contributed by atoms with E-state index in [0.717, 1.165) is 25.1 Å². The number of aryl methyl sites for hydroxylation is 1. The molecule has 1 saturated heterocycles. The van der Waals surface area contributed by atoms with Crippen LogP contribution in [0, 0.1) is 0 Å². The van der Waals surface area contributed by atoms with Gasteiger partial charge < -0.3 is 15.5 Å². The van der Waals surface area contributed by atoms with Crippen molar-refractivity contribution in [2.24, 2.45) is 0 Å². The maximum Gasteiger partial charge on any atom is 0.313 e. The molecule has 5 nitrogen and oxygen atoms in total. The van der Waals surface area contributed by atoms with Crippen molar-refractivity contribution in [2.75, 3.05) is 31.5 Å². The van der Waals surface area contributed by atoms with Crippen molar-refractivity contribution in [2.45, 2.75) is 13.3 Å². The number of hydrogen-bond acceptors (Lipinski definition) is 3. The first-order valence-corrected chi connectivity index (χ1v) is 6.60. The summed E-state index contributed by atoms with van der Waals surface area (Å²) in [4.78, 5) is 25.4. The van der Waals surface area contributed by atoms with Gasteiger partial charge in [-0.25, -0.2) is 0 Å². The molecule has 1 heterocycles. The maximum absolute atomic E-state index is 11.9. The molecule has 0 radical (unpaired) electrons. The molecule has 0 aliphatic carbocycles. The van der Waals surface area contributed by atoms with E-state index in [4.69, 9.17) is 0 Å². The highest BCUT2D eigenvalue weighted by molar-refractivity contribution is 6.39. The number of amides is 2. The molecule has 2 N–H and O–H groups in total. The summed E-state index contributed by atoms with van der Waals surface area (Å²) in [5.41, 5.74) is 1.81. The van der Waals surface area contributed by atoms with Gasteiger partial charge in [-0.15, -0.1) is 0 Å². The number of piperazine rings is 1. The van der Waals surface area contributed by atoms with Gasteiger partial charge >= 0.3 is 11.8 Å². The third-order valence-electron chi connectivity index (χ3n) is 3.19. The van der Waals surface area contributed by atoms with Crippen molar-refractivity contribution >= 4 is 17.5 Å². The fraction of sp³-hybridized carbons (Fsp3) is 0.429. The maximum atomic E-state index is 11.9. The monoisotopic (exact) mass is 261 g/mol. The van der Waals surface area contributed by atoms with Crippen LogP contribution in [0.15, 0.2) is 24.3 Å². The molecule has 0 aromatic heterocycles. The third kappa shape index (κ3) is 3.54. The lowest BCUT2D eigenvalue weighted by Gasteiger charge is -2.26. The quantitative estimate of drug-likeness (QED) is 0.767. The Morgan fingerprint density at radius 2 is 2.05 bits per heavy atom. The lowest BCUT2D eigenvalue weighted by molar-refractivity contribution is -0.143. The zero-order chi connectivity index (χ0) is 13.7. The zero-order valence-corrected chi connectivity index (χ0v) is 11.1. The molecule has 102 valence electrons. The fourth-order valence-electron chi connectivity index (χ4n) is 2.07. The summed E-state index contributed by atoms with van der Waals surface area (Å²) < 4.78 is 0. The van der Waals surface area contributed by atoms with Gasteiger partial charge in [0, 0.05) is 31.9 Å². The summed E-state index contributed by atoms with van der Waals surface area (Å²) in [6, 6.07) is 7.56. The number of anilines is 1. The molecule has 0 bridgehead atoms. The number of hydrogen-bond donors (Lipinski definition) is 2. The molecule has 1 fully saturated rings. The van der Waals surface area contributed by atoms with Crippen LogP contribution in [0.3, 0.4) is 0 Å². The highest BCUT2D eigenvalue weighted by Crippen LogP contribution is 2.11. The van der Waals surface area contributed by atoms with Gasteiger partial charge in [-0.05, 0) is 24.1 Å². The summed E-state index contributed by atoms with van der Waals surface area (Å²) in [6.07, 6.45) is 0.898. The summed E-state index contributed by atoms with van der Waals surface area (Å²) in [5, 5.41) is 5.81. The van der Waals surface area contributed by atoms with Crippen molar-refractivity contribution in [3.63, 3.8) is 0 Å². The van der Waals surface area contributed by atoms with Gasteiger partial charge in [0.25, 0.3) is 0 Å². The van der Waals surface area contributed by atoms with Gasteiger partial charge in [-0.2, -0.15) is 0 Å². The molecule has 1 aliphatic rings. The van der Waals surface area contributed by atoms with E-state index in [1.54, 1.807) is 11.0 Å². The molecule has 0 atom stereocenters. The largest absolute Gasteiger partial charge is 0.332 e. The number of nitrogens with zero attached hydrogens (tertiary/aromatic N) is 1. The first-order valence-electron chi connectivity index (χ1n) is 6.60. The van der Waals surface area contributed by atoms with Gasteiger partial charge in [-0.1, -0.05) is 19.1 Å². The van der Waals surface area contributed by atoms with E-state index in [-0.39, 0.29) is 0 Å². The number of benzene rings is 1. The summed E-state index contributed by atoms with van der Waals surface area (Å²) in [6.45, 7) is 4.70. The highest BCUT2D eigenvalue weighted by atomic mass is 16.2. The van der Waals surface area contributed by atoms with Crippen LogP contribution in [-0.4, -0.2) is 42.9 Å². The van der Waals surface area contributed by atoms with Crippen LogP contribution in [-0.2, 0) is 16.0 Å². The minimum Gasteiger partial charge on any atom is -0.332 e. The molecular formula is C14H19N3O2. The molecule has 2 amide bonds. The van der Waals surface area contributed by atoms with Gasteiger partial charge in [0.2, 0.25) is 0 Å². The van der Waals surface area contributed by atoms with Crippen LogP contribution in [0.25, 0.3) is 0 Å². The third-order valence-corrected chi connectivity index (χ3v) is 3.19. The summed E-state index contributed by atoms with van der Waals surface area (Å²) >= 11 is 0. The number of carbonyl (C=O) groups excluding carboxylic acids is 2. The van der Waals surface area contributed by atoms with Crippen molar-refractivity contribution in [1.29, 1.82) is 0 Å². The Labute approximate surface area is 113 Å². The first kappa shape index (κ1) is 13.5. The normalized spacial score (nSPS) is 15.1. The van der Waals surface area contributed by atoms with Gasteiger partial charge in [0.15, 0.2) is 0 Å². The standard InChI is InChI=1S/C14H19N3O2/c1-2-11-4-3-5-12(10-11)16-13(18)14(19)17-8-6-15-7-9-17/h3-5,10,15H,2,6-9H2,1H3,(H,16,18). The Bertz CT molecular complexity index is 468. The summed E-state index contributed by atoms with van der Waals surface area (Å²) in [7, 11) is 0. The van der Waals surface area contributed by atoms with Crippen LogP contribution >= 0.6 is 0 Å². The zero-order valence-electron chi connectivity index (χ0n) is 11.1. The second-order valence-corrected chi connectivity index (χ2v) is 4.55. The molecule has 5 heteroatoms. The molecule has 19 heavy (non-hydrogen) atoms. The Morgan fingerprint density at radius 3 is 2.74 bits per heavy atom. The predicted molar refractivity (Wildman–Crippen MR) is 73.9 cm³/mol. The van der Waals surface area contributed by atoms with E-state index in [1.165, 1.54) is 0 Å². The average molecular weight is 261 g/mol. The van der Waals surface area contributed by atoms with Crippen LogP contribution in [0.4, 0.5) is 5.69 Å². The average Bonchev–Trinajstić information content (AvgIpc) is 2.47. The lowest BCUT2D eigenvalue weighted by atomic mass is 10.1. The van der Waals surface area contributed by atoms with E-state index in [9.17, 15) is 9.59 Å². The van der Waals surface area contributed by atoms with E-state index >= 15 is 0 Å². The molecule has 0 unspecified atom stereocenters. The number of nitrogens with one attached hydrogen (secondary N) is 2. The number of rotatable bonds is 2. The Kier molecular flexibility index (Phi) is 4.52. The van der Waals surface area contributed by atoms with Crippen molar-refractivity contribution < 1.29 is 9.59 Å². The van der Waals surface area contributed by atoms with E-state index < -0.39 is 11.8 Å². The van der Waals surface area contributed by atoms with Crippen molar-refractivity contribution in [1.82, 2.24) is 10.2 Å². The lowest BCUT2D eigenvalue weighted by Crippen LogP contribution is -2.49. The van der Waals surface area contributed by atoms with Gasteiger partial charge in [0.05, 0.1) is 0 Å². The van der Waals surface area contributed by atoms with Gasteiger partial charge in [-0.3, -0.25) is 9.59 Å².